The van der Waals surface area contributed by atoms with Gasteiger partial charge >= 0.3 is 0 Å². The van der Waals surface area contributed by atoms with Crippen LogP contribution in [0.15, 0.2) is 61.6 Å². The van der Waals surface area contributed by atoms with E-state index in [4.69, 9.17) is 0 Å². The van der Waals surface area contributed by atoms with Crippen molar-refractivity contribution in [2.45, 2.75) is 0 Å². The minimum atomic E-state index is -0.252. The Labute approximate surface area is 148 Å². The number of amides is 1. The molecule has 0 spiro atoms. The molecule has 0 aliphatic heterocycles. The lowest BCUT2D eigenvalue weighted by molar-refractivity contribution is 0.102. The summed E-state index contributed by atoms with van der Waals surface area (Å²) >= 11 is 0. The van der Waals surface area contributed by atoms with E-state index in [-0.39, 0.29) is 5.91 Å². The third-order valence-corrected chi connectivity index (χ3v) is 3.75. The summed E-state index contributed by atoms with van der Waals surface area (Å²) in [6.07, 6.45) is 6.09. The van der Waals surface area contributed by atoms with Gasteiger partial charge in [0, 0.05) is 24.5 Å². The van der Waals surface area contributed by atoms with E-state index in [1.165, 1.54) is 17.2 Å². The van der Waals surface area contributed by atoms with Gasteiger partial charge < -0.3 is 9.88 Å². The number of anilines is 1. The molecular formula is C17H14N8O. The first-order valence-electron chi connectivity index (χ1n) is 7.77. The fraction of sp³-hybridized carbons (Fsp3) is 0.0588. The average Bonchev–Trinajstić information content (AvgIpc) is 3.34. The lowest BCUT2D eigenvalue weighted by Gasteiger charge is -2.08. The largest absolute Gasteiger partial charge is 0.322 e. The Kier molecular flexibility index (Phi) is 3.94. The molecule has 0 saturated heterocycles. The van der Waals surface area contributed by atoms with Gasteiger partial charge in [0.2, 0.25) is 0 Å². The number of carbonyl (C=O) groups excluding carboxylic acids is 1. The van der Waals surface area contributed by atoms with Gasteiger partial charge in [-0.2, -0.15) is 5.10 Å². The van der Waals surface area contributed by atoms with Crippen LogP contribution in [0.5, 0.6) is 0 Å². The number of nitrogens with zero attached hydrogens (tertiary/aromatic N) is 7. The molecule has 1 N–H and O–H groups in total. The zero-order chi connectivity index (χ0) is 17.9. The molecular weight excluding hydrogens is 332 g/mol. The maximum absolute atomic E-state index is 12.5. The molecule has 0 radical (unpaired) electrons. The quantitative estimate of drug-likeness (QED) is 0.603. The Morgan fingerprint density at radius 1 is 1.15 bits per heavy atom. The van der Waals surface area contributed by atoms with Crippen LogP contribution in [0.4, 0.5) is 5.69 Å². The zero-order valence-corrected chi connectivity index (χ0v) is 13.8. The van der Waals surface area contributed by atoms with Gasteiger partial charge in [-0.1, -0.05) is 12.1 Å². The topological polar surface area (TPSA) is 103 Å². The molecule has 3 aromatic heterocycles. The Balaban J connectivity index is 1.52. The van der Waals surface area contributed by atoms with Gasteiger partial charge in [0.1, 0.15) is 19.0 Å². The Morgan fingerprint density at radius 2 is 2.08 bits per heavy atom. The van der Waals surface area contributed by atoms with E-state index in [1.807, 2.05) is 35.9 Å². The maximum atomic E-state index is 12.5. The molecule has 1 aromatic carbocycles. The van der Waals surface area contributed by atoms with Crippen molar-refractivity contribution in [3.63, 3.8) is 0 Å². The van der Waals surface area contributed by atoms with Gasteiger partial charge in [-0.25, -0.2) is 14.6 Å². The molecule has 9 heteroatoms. The number of hydrogen-bond donors (Lipinski definition) is 1. The number of nitrogens with one attached hydrogen (secondary N) is 1. The molecule has 4 rings (SSSR count). The number of aromatic nitrogens is 7. The molecule has 4 aromatic rings. The summed E-state index contributed by atoms with van der Waals surface area (Å²) in [5.41, 5.74) is 1.97. The summed E-state index contributed by atoms with van der Waals surface area (Å²) < 4.78 is 3.33. The summed E-state index contributed by atoms with van der Waals surface area (Å²) in [6.45, 7) is 0. The fourth-order valence-corrected chi connectivity index (χ4v) is 2.47. The van der Waals surface area contributed by atoms with Crippen LogP contribution in [0, 0.1) is 0 Å². The van der Waals surface area contributed by atoms with Crippen LogP contribution in [0.2, 0.25) is 0 Å². The lowest BCUT2D eigenvalue weighted by Crippen LogP contribution is -2.12. The monoisotopic (exact) mass is 346 g/mol. The molecule has 0 saturated carbocycles. The first kappa shape index (κ1) is 15.6. The molecule has 1 amide bonds. The fourth-order valence-electron chi connectivity index (χ4n) is 2.47. The molecule has 3 heterocycles. The van der Waals surface area contributed by atoms with Crippen LogP contribution in [0.25, 0.3) is 17.2 Å². The molecule has 0 atom stereocenters. The standard InChI is InChI=1S/C17H14N8O/c1-24-11-20-23-16(24)12-3-2-4-14(7-12)22-17(26)13-5-6-15(19-8-13)25-10-18-9-21-25/h2-11H,1H3,(H,22,26). The number of rotatable bonds is 4. The smallest absolute Gasteiger partial charge is 0.257 e. The van der Waals surface area contributed by atoms with Crippen LogP contribution in [0.3, 0.4) is 0 Å². The second-order valence-corrected chi connectivity index (χ2v) is 5.55. The zero-order valence-electron chi connectivity index (χ0n) is 13.8. The third kappa shape index (κ3) is 3.05. The first-order chi connectivity index (χ1) is 12.7. The van der Waals surface area contributed by atoms with Crippen molar-refractivity contribution in [2.24, 2.45) is 7.05 Å². The second-order valence-electron chi connectivity index (χ2n) is 5.55. The van der Waals surface area contributed by atoms with Gasteiger partial charge in [0.05, 0.1) is 5.56 Å². The minimum Gasteiger partial charge on any atom is -0.322 e. The summed E-state index contributed by atoms with van der Waals surface area (Å²) in [7, 11) is 1.86. The summed E-state index contributed by atoms with van der Waals surface area (Å²) in [5, 5.41) is 14.8. The number of benzene rings is 1. The SMILES string of the molecule is Cn1cnnc1-c1cccc(NC(=O)c2ccc(-n3cncn3)nc2)c1. The Bertz CT molecular complexity index is 1040. The molecule has 9 nitrogen and oxygen atoms in total. The number of pyridine rings is 1. The highest BCUT2D eigenvalue weighted by Crippen LogP contribution is 2.20. The summed E-state index contributed by atoms with van der Waals surface area (Å²) in [5.74, 6) is 1.06. The highest BCUT2D eigenvalue weighted by atomic mass is 16.1. The number of aryl methyl sites for hydroxylation is 1. The van der Waals surface area contributed by atoms with Gasteiger partial charge in [-0.15, -0.1) is 10.2 Å². The minimum absolute atomic E-state index is 0.252. The van der Waals surface area contributed by atoms with Crippen molar-refractivity contribution in [3.05, 3.63) is 67.1 Å². The van der Waals surface area contributed by atoms with E-state index >= 15 is 0 Å². The Hall–Kier alpha value is -3.88. The predicted octanol–water partition coefficient (Wildman–Crippen LogP) is 1.71. The van der Waals surface area contributed by atoms with Gasteiger partial charge in [0.15, 0.2) is 11.6 Å². The first-order valence-corrected chi connectivity index (χ1v) is 7.77. The van der Waals surface area contributed by atoms with Crippen LogP contribution in [-0.2, 0) is 7.05 Å². The van der Waals surface area contributed by atoms with Crippen LogP contribution >= 0.6 is 0 Å². The highest BCUT2D eigenvalue weighted by Gasteiger charge is 2.10. The van der Waals surface area contributed by atoms with Crippen molar-refractivity contribution in [1.29, 1.82) is 0 Å². The Morgan fingerprint density at radius 3 is 2.77 bits per heavy atom. The van der Waals surface area contributed by atoms with Crippen LogP contribution in [-0.4, -0.2) is 40.4 Å². The van der Waals surface area contributed by atoms with E-state index in [2.05, 4.69) is 30.6 Å². The molecule has 0 bridgehead atoms. The predicted molar refractivity (Wildman–Crippen MR) is 93.5 cm³/mol. The van der Waals surface area contributed by atoms with Crippen LogP contribution in [0.1, 0.15) is 10.4 Å². The van der Waals surface area contributed by atoms with Gasteiger partial charge in [0.25, 0.3) is 5.91 Å². The van der Waals surface area contributed by atoms with Crippen LogP contribution < -0.4 is 5.32 Å². The van der Waals surface area contributed by atoms with Gasteiger partial charge in [-0.3, -0.25) is 4.79 Å². The number of carbonyl (C=O) groups is 1. The molecule has 0 aliphatic carbocycles. The number of hydrogen-bond acceptors (Lipinski definition) is 6. The average molecular weight is 346 g/mol. The molecule has 0 aliphatic rings. The van der Waals surface area contributed by atoms with E-state index in [0.29, 0.717) is 17.1 Å². The molecule has 0 fully saturated rings. The van der Waals surface area contributed by atoms with Crippen molar-refractivity contribution >= 4 is 11.6 Å². The van der Waals surface area contributed by atoms with E-state index in [9.17, 15) is 4.79 Å². The highest BCUT2D eigenvalue weighted by molar-refractivity contribution is 6.04. The van der Waals surface area contributed by atoms with Gasteiger partial charge in [-0.05, 0) is 24.3 Å². The summed E-state index contributed by atoms with van der Waals surface area (Å²) in [6, 6.07) is 10.8. The van der Waals surface area contributed by atoms with Crippen molar-refractivity contribution in [3.8, 4) is 17.2 Å². The maximum Gasteiger partial charge on any atom is 0.257 e. The summed E-state index contributed by atoms with van der Waals surface area (Å²) in [4.78, 5) is 20.6. The second kappa shape index (κ2) is 6.55. The normalized spacial score (nSPS) is 10.7. The third-order valence-electron chi connectivity index (χ3n) is 3.75. The van der Waals surface area contributed by atoms with Crippen molar-refractivity contribution < 1.29 is 4.79 Å². The molecule has 0 unspecified atom stereocenters. The van der Waals surface area contributed by atoms with Crippen molar-refractivity contribution in [1.82, 2.24) is 34.5 Å². The molecule has 128 valence electrons. The van der Waals surface area contributed by atoms with Crippen molar-refractivity contribution in [2.75, 3.05) is 5.32 Å². The van der Waals surface area contributed by atoms with E-state index < -0.39 is 0 Å². The molecule has 26 heavy (non-hydrogen) atoms. The van der Waals surface area contributed by atoms with E-state index in [0.717, 1.165) is 11.4 Å². The van der Waals surface area contributed by atoms with E-state index in [1.54, 1.807) is 24.8 Å². The lowest BCUT2D eigenvalue weighted by atomic mass is 10.1.